The summed E-state index contributed by atoms with van der Waals surface area (Å²) in [4.78, 5) is 22.9. The van der Waals surface area contributed by atoms with Gasteiger partial charge in [-0.15, -0.1) is 10.2 Å². The summed E-state index contributed by atoms with van der Waals surface area (Å²) in [6.45, 7) is 0.314. The molecule has 3 amide bonds. The predicted molar refractivity (Wildman–Crippen MR) is 90.4 cm³/mol. The molecule has 0 unspecified atom stereocenters. The minimum atomic E-state index is -0.592. The number of amides is 3. The molecular weight excluding hydrogens is 322 g/mol. The molecule has 5 N–H and O–H groups in total. The van der Waals surface area contributed by atoms with Crippen molar-refractivity contribution in [2.45, 2.75) is 6.54 Å². The number of nitrogens with zero attached hydrogens (tertiary/aromatic N) is 3. The Morgan fingerprint density at radius 1 is 1.04 bits per heavy atom. The number of carbonyl (C=O) groups excluding carboxylic acids is 2. The van der Waals surface area contributed by atoms with Crippen LogP contribution in [0.1, 0.15) is 15.9 Å². The van der Waals surface area contributed by atoms with Gasteiger partial charge in [-0.25, -0.2) is 4.79 Å². The van der Waals surface area contributed by atoms with Crippen molar-refractivity contribution >= 4 is 17.6 Å². The number of aromatic amines is 1. The predicted octanol–water partition coefficient (Wildman–Crippen LogP) is 1.29. The molecule has 0 aliphatic carbocycles. The Kier molecular flexibility index (Phi) is 4.65. The standard InChI is InChI=1S/C16H15N7O2/c17-16(25)18-9-10-1-3-12(4-2-10)15(24)19-13-7-5-11(6-8-13)14-20-22-23-21-14/h1-8H,9H2,(H,19,24)(H3,17,18,25)(H,20,21,22,23). The molecule has 0 atom stereocenters. The van der Waals surface area contributed by atoms with Crippen LogP contribution in [0.3, 0.4) is 0 Å². The fraction of sp³-hybridized carbons (Fsp3) is 0.0625. The van der Waals surface area contributed by atoms with Crippen molar-refractivity contribution in [2.75, 3.05) is 5.32 Å². The Morgan fingerprint density at radius 2 is 1.76 bits per heavy atom. The molecule has 0 bridgehead atoms. The van der Waals surface area contributed by atoms with Crippen LogP contribution in [-0.4, -0.2) is 32.6 Å². The van der Waals surface area contributed by atoms with Gasteiger partial charge >= 0.3 is 6.03 Å². The Balaban J connectivity index is 1.62. The molecule has 3 rings (SSSR count). The molecule has 2 aromatic carbocycles. The summed E-state index contributed by atoms with van der Waals surface area (Å²) in [5.74, 6) is 0.250. The molecule has 0 spiro atoms. The van der Waals surface area contributed by atoms with E-state index in [-0.39, 0.29) is 5.91 Å². The third-order valence-electron chi connectivity index (χ3n) is 3.43. The first-order chi connectivity index (χ1) is 12.1. The van der Waals surface area contributed by atoms with Gasteiger partial charge in [0.05, 0.1) is 0 Å². The van der Waals surface area contributed by atoms with E-state index in [9.17, 15) is 9.59 Å². The molecule has 0 saturated heterocycles. The zero-order valence-corrected chi connectivity index (χ0v) is 13.1. The molecule has 126 valence electrons. The lowest BCUT2D eigenvalue weighted by Gasteiger charge is -2.07. The Hall–Kier alpha value is -3.75. The summed E-state index contributed by atoms with van der Waals surface area (Å²) in [5, 5.41) is 19.0. The second-order valence-electron chi connectivity index (χ2n) is 5.18. The van der Waals surface area contributed by atoms with Crippen molar-refractivity contribution < 1.29 is 9.59 Å². The molecule has 25 heavy (non-hydrogen) atoms. The van der Waals surface area contributed by atoms with Gasteiger partial charge in [-0.1, -0.05) is 12.1 Å². The second-order valence-corrected chi connectivity index (χ2v) is 5.18. The van der Waals surface area contributed by atoms with Crippen LogP contribution in [0.4, 0.5) is 10.5 Å². The Labute approximate surface area is 142 Å². The highest BCUT2D eigenvalue weighted by atomic mass is 16.2. The maximum atomic E-state index is 12.3. The number of anilines is 1. The zero-order chi connectivity index (χ0) is 17.6. The minimum absolute atomic E-state index is 0.235. The number of hydrogen-bond donors (Lipinski definition) is 4. The second kappa shape index (κ2) is 7.21. The van der Waals surface area contributed by atoms with Crippen molar-refractivity contribution in [3.05, 3.63) is 59.7 Å². The first-order valence-electron chi connectivity index (χ1n) is 7.39. The van der Waals surface area contributed by atoms with Gasteiger partial charge in [0.25, 0.3) is 5.91 Å². The summed E-state index contributed by atoms with van der Waals surface area (Å²) in [6.07, 6.45) is 0. The van der Waals surface area contributed by atoms with Crippen molar-refractivity contribution in [3.63, 3.8) is 0 Å². The summed E-state index contributed by atoms with van der Waals surface area (Å²) in [7, 11) is 0. The SMILES string of the molecule is NC(=O)NCc1ccc(C(=O)Nc2ccc(-c3nn[nH]n3)cc2)cc1. The Morgan fingerprint density at radius 3 is 2.36 bits per heavy atom. The molecule has 9 heteroatoms. The lowest BCUT2D eigenvalue weighted by Crippen LogP contribution is -2.28. The first-order valence-corrected chi connectivity index (χ1v) is 7.39. The average Bonchev–Trinajstić information content (AvgIpc) is 3.15. The molecular formula is C16H15N7O2. The van der Waals surface area contributed by atoms with Crippen LogP contribution in [-0.2, 0) is 6.54 Å². The van der Waals surface area contributed by atoms with Crippen LogP contribution in [0.25, 0.3) is 11.4 Å². The number of hydrogen-bond acceptors (Lipinski definition) is 5. The van der Waals surface area contributed by atoms with Crippen molar-refractivity contribution in [1.29, 1.82) is 0 Å². The summed E-state index contributed by atoms with van der Waals surface area (Å²) in [5.41, 5.74) is 7.81. The molecule has 0 aliphatic heterocycles. The van der Waals surface area contributed by atoms with Gasteiger partial charge in [0, 0.05) is 23.4 Å². The molecule has 0 aliphatic rings. The number of tetrazole rings is 1. The maximum Gasteiger partial charge on any atom is 0.312 e. The number of urea groups is 1. The molecule has 3 aromatic rings. The van der Waals surface area contributed by atoms with E-state index in [0.29, 0.717) is 23.6 Å². The van der Waals surface area contributed by atoms with Crippen molar-refractivity contribution in [1.82, 2.24) is 25.9 Å². The highest BCUT2D eigenvalue weighted by Gasteiger charge is 2.07. The van der Waals surface area contributed by atoms with E-state index in [4.69, 9.17) is 5.73 Å². The maximum absolute atomic E-state index is 12.3. The van der Waals surface area contributed by atoms with Gasteiger partial charge in [-0.2, -0.15) is 5.21 Å². The average molecular weight is 337 g/mol. The van der Waals surface area contributed by atoms with E-state index in [1.807, 2.05) is 0 Å². The number of primary amides is 1. The fourth-order valence-electron chi connectivity index (χ4n) is 2.15. The third kappa shape index (κ3) is 4.16. The van der Waals surface area contributed by atoms with Gasteiger partial charge in [0.2, 0.25) is 5.82 Å². The highest BCUT2D eigenvalue weighted by Crippen LogP contribution is 2.17. The lowest BCUT2D eigenvalue weighted by molar-refractivity contribution is 0.102. The van der Waals surface area contributed by atoms with Crippen LogP contribution in [0, 0.1) is 0 Å². The van der Waals surface area contributed by atoms with Crippen LogP contribution in [0.15, 0.2) is 48.5 Å². The van der Waals surface area contributed by atoms with E-state index < -0.39 is 6.03 Å². The van der Waals surface area contributed by atoms with Gasteiger partial charge in [0.15, 0.2) is 0 Å². The molecule has 0 fully saturated rings. The topological polar surface area (TPSA) is 139 Å². The third-order valence-corrected chi connectivity index (χ3v) is 3.43. The minimum Gasteiger partial charge on any atom is -0.352 e. The van der Waals surface area contributed by atoms with Crippen molar-refractivity contribution in [2.24, 2.45) is 5.73 Å². The van der Waals surface area contributed by atoms with Gasteiger partial charge in [-0.05, 0) is 47.2 Å². The highest BCUT2D eigenvalue weighted by molar-refractivity contribution is 6.04. The number of aromatic nitrogens is 4. The van der Waals surface area contributed by atoms with Gasteiger partial charge in [0.1, 0.15) is 0 Å². The quantitative estimate of drug-likeness (QED) is 0.555. The summed E-state index contributed by atoms with van der Waals surface area (Å²) >= 11 is 0. The number of nitrogens with two attached hydrogens (primary N) is 1. The normalized spacial score (nSPS) is 10.2. The van der Waals surface area contributed by atoms with E-state index in [0.717, 1.165) is 11.1 Å². The van der Waals surface area contributed by atoms with Gasteiger partial charge < -0.3 is 16.4 Å². The molecule has 1 heterocycles. The van der Waals surface area contributed by atoms with Crippen LogP contribution < -0.4 is 16.4 Å². The summed E-state index contributed by atoms with van der Waals surface area (Å²) < 4.78 is 0. The zero-order valence-electron chi connectivity index (χ0n) is 13.1. The molecule has 1 aromatic heterocycles. The number of carbonyl (C=O) groups is 2. The first kappa shape index (κ1) is 16.1. The fourth-order valence-corrected chi connectivity index (χ4v) is 2.15. The van der Waals surface area contributed by atoms with Crippen LogP contribution in [0.5, 0.6) is 0 Å². The van der Waals surface area contributed by atoms with E-state index in [1.54, 1.807) is 48.5 Å². The van der Waals surface area contributed by atoms with E-state index in [2.05, 4.69) is 31.3 Å². The number of H-pyrrole nitrogens is 1. The molecule has 9 nitrogen and oxygen atoms in total. The van der Waals surface area contributed by atoms with Gasteiger partial charge in [-0.3, -0.25) is 4.79 Å². The smallest absolute Gasteiger partial charge is 0.312 e. The molecule has 0 radical (unpaired) electrons. The summed E-state index contributed by atoms with van der Waals surface area (Å²) in [6, 6.07) is 13.4. The van der Waals surface area contributed by atoms with E-state index in [1.165, 1.54) is 0 Å². The lowest BCUT2D eigenvalue weighted by atomic mass is 10.1. The number of benzene rings is 2. The van der Waals surface area contributed by atoms with Crippen molar-refractivity contribution in [3.8, 4) is 11.4 Å². The monoisotopic (exact) mass is 337 g/mol. The largest absolute Gasteiger partial charge is 0.352 e. The van der Waals surface area contributed by atoms with Crippen LogP contribution >= 0.6 is 0 Å². The molecule has 0 saturated carbocycles. The van der Waals surface area contributed by atoms with E-state index >= 15 is 0 Å². The number of rotatable bonds is 5. The Bertz CT molecular complexity index is 859. The van der Waals surface area contributed by atoms with Crippen LogP contribution in [0.2, 0.25) is 0 Å². The number of nitrogens with one attached hydrogen (secondary N) is 3.